The van der Waals surface area contributed by atoms with Crippen LogP contribution < -0.4 is 0 Å². The van der Waals surface area contributed by atoms with Crippen molar-refractivity contribution in [3.05, 3.63) is 0 Å². The third-order valence-corrected chi connectivity index (χ3v) is 7.83. The summed E-state index contributed by atoms with van der Waals surface area (Å²) in [5, 5.41) is 0. The molecule has 0 unspecified atom stereocenters. The number of rotatable bonds is 8. The first-order valence-electron chi connectivity index (χ1n) is 11.0. The molecule has 1 saturated heterocycles. The number of Topliss-reactive ketones (excluding diaryl/α,β-unsaturated/α-hetero) is 1. The van der Waals surface area contributed by atoms with Gasteiger partial charge in [-0.15, -0.1) is 0 Å². The molecular weight excluding hydrogens is 322 g/mol. The van der Waals surface area contributed by atoms with Crippen LogP contribution in [-0.4, -0.2) is 78.4 Å². The van der Waals surface area contributed by atoms with E-state index in [4.69, 9.17) is 0 Å². The Morgan fingerprint density at radius 2 is 1.73 bits per heavy atom. The van der Waals surface area contributed by atoms with Crippen LogP contribution in [0, 0.1) is 11.3 Å². The van der Waals surface area contributed by atoms with Crippen LogP contribution in [0.25, 0.3) is 0 Å². The summed E-state index contributed by atoms with van der Waals surface area (Å²) in [6, 6.07) is 2.22. The molecule has 0 bridgehead atoms. The number of likely N-dealkylation sites (tertiary alicyclic amines) is 1. The average Bonchev–Trinajstić information content (AvgIpc) is 2.53. The molecule has 0 N–H and O–H groups in total. The third-order valence-electron chi connectivity index (χ3n) is 7.83. The Kier molecular flexibility index (Phi) is 6.46. The molecule has 2 aliphatic carbocycles. The number of ketones is 1. The molecule has 0 aromatic carbocycles. The second-order valence-corrected chi connectivity index (χ2v) is 9.75. The number of hydrogen-bond donors (Lipinski definition) is 0. The van der Waals surface area contributed by atoms with E-state index < -0.39 is 0 Å². The van der Waals surface area contributed by atoms with E-state index >= 15 is 0 Å². The van der Waals surface area contributed by atoms with E-state index in [1.807, 2.05) is 0 Å². The lowest BCUT2D eigenvalue weighted by Crippen LogP contribution is -2.59. The maximum Gasteiger partial charge on any atom is 0.132 e. The molecule has 0 radical (unpaired) electrons. The van der Waals surface area contributed by atoms with Gasteiger partial charge in [0.05, 0.1) is 0 Å². The van der Waals surface area contributed by atoms with Crippen molar-refractivity contribution in [2.75, 3.05) is 39.8 Å². The molecule has 0 atom stereocenters. The topological polar surface area (TPSA) is 26.8 Å². The lowest BCUT2D eigenvalue weighted by Gasteiger charge is -2.60. The van der Waals surface area contributed by atoms with Gasteiger partial charge in [-0.3, -0.25) is 9.69 Å². The summed E-state index contributed by atoms with van der Waals surface area (Å²) in [4.78, 5) is 19.4. The van der Waals surface area contributed by atoms with Gasteiger partial charge in [0.25, 0.3) is 0 Å². The summed E-state index contributed by atoms with van der Waals surface area (Å²) < 4.78 is 0. The van der Waals surface area contributed by atoms with Gasteiger partial charge in [-0.2, -0.15) is 0 Å². The van der Waals surface area contributed by atoms with Crippen molar-refractivity contribution in [3.63, 3.8) is 0 Å². The zero-order valence-corrected chi connectivity index (χ0v) is 17.8. The molecule has 2 saturated carbocycles. The van der Waals surface area contributed by atoms with Gasteiger partial charge in [0.2, 0.25) is 0 Å². The minimum Gasteiger partial charge on any atom is -0.303 e. The minimum absolute atomic E-state index is 0.392. The van der Waals surface area contributed by atoms with Gasteiger partial charge in [0.15, 0.2) is 0 Å². The van der Waals surface area contributed by atoms with E-state index in [0.717, 1.165) is 12.1 Å². The minimum atomic E-state index is 0.392. The van der Waals surface area contributed by atoms with Gasteiger partial charge >= 0.3 is 0 Å². The first kappa shape index (κ1) is 20.3. The Balaban J connectivity index is 1.37. The predicted octanol–water partition coefficient (Wildman–Crippen LogP) is 3.26. The van der Waals surface area contributed by atoms with Crippen LogP contribution in [0.2, 0.25) is 0 Å². The molecule has 150 valence electrons. The van der Waals surface area contributed by atoms with Crippen molar-refractivity contribution >= 4 is 5.78 Å². The number of piperidine rings is 1. The molecule has 1 aliphatic heterocycles. The van der Waals surface area contributed by atoms with E-state index in [1.165, 1.54) is 71.2 Å². The van der Waals surface area contributed by atoms with Gasteiger partial charge in [0.1, 0.15) is 5.78 Å². The van der Waals surface area contributed by atoms with E-state index in [0.29, 0.717) is 23.2 Å². The van der Waals surface area contributed by atoms with Crippen LogP contribution in [0.5, 0.6) is 0 Å². The SMILES string of the molecule is CCN(CCN(C)C(C)C)C1CCN(C2CC3(CC(C(C)=O)C3)C2)CC1. The summed E-state index contributed by atoms with van der Waals surface area (Å²) in [6.45, 7) is 14.8. The first-order valence-corrected chi connectivity index (χ1v) is 11.0. The summed E-state index contributed by atoms with van der Waals surface area (Å²) in [5.41, 5.74) is 0.564. The molecule has 0 aromatic rings. The van der Waals surface area contributed by atoms with Gasteiger partial charge in [-0.05, 0) is 91.4 Å². The normalized spacial score (nSPS) is 33.1. The molecule has 3 rings (SSSR count). The highest BCUT2D eigenvalue weighted by Crippen LogP contribution is 2.60. The molecule has 4 nitrogen and oxygen atoms in total. The molecule has 0 amide bonds. The summed E-state index contributed by atoms with van der Waals surface area (Å²) in [6.07, 6.45) is 7.75. The molecule has 26 heavy (non-hydrogen) atoms. The number of hydrogen-bond acceptors (Lipinski definition) is 4. The molecule has 4 heteroatoms. The van der Waals surface area contributed by atoms with Crippen LogP contribution in [-0.2, 0) is 4.79 Å². The smallest absolute Gasteiger partial charge is 0.132 e. The van der Waals surface area contributed by atoms with E-state index in [2.05, 4.69) is 42.5 Å². The number of likely N-dealkylation sites (N-methyl/N-ethyl adjacent to an activating group) is 2. The quantitative estimate of drug-likeness (QED) is 0.661. The summed E-state index contributed by atoms with van der Waals surface area (Å²) in [5.74, 6) is 0.812. The number of carbonyl (C=O) groups excluding carboxylic acids is 1. The van der Waals surface area contributed by atoms with Gasteiger partial charge in [-0.25, -0.2) is 0 Å². The number of nitrogens with zero attached hydrogens (tertiary/aromatic N) is 3. The highest BCUT2D eigenvalue weighted by molar-refractivity contribution is 5.79. The predicted molar refractivity (Wildman–Crippen MR) is 108 cm³/mol. The van der Waals surface area contributed by atoms with Crippen molar-refractivity contribution < 1.29 is 4.79 Å². The fraction of sp³-hybridized carbons (Fsp3) is 0.955. The summed E-state index contributed by atoms with van der Waals surface area (Å²) in [7, 11) is 2.24. The highest BCUT2D eigenvalue weighted by atomic mass is 16.1. The Hall–Kier alpha value is -0.450. The van der Waals surface area contributed by atoms with Crippen molar-refractivity contribution in [2.45, 2.75) is 84.3 Å². The Labute approximate surface area is 161 Å². The van der Waals surface area contributed by atoms with E-state index in [-0.39, 0.29) is 0 Å². The van der Waals surface area contributed by atoms with Crippen molar-refractivity contribution in [3.8, 4) is 0 Å². The van der Waals surface area contributed by atoms with Crippen LogP contribution in [0.4, 0.5) is 0 Å². The van der Waals surface area contributed by atoms with Gasteiger partial charge < -0.3 is 9.80 Å². The lowest BCUT2D eigenvalue weighted by atomic mass is 9.49. The standard InChI is InChI=1S/C22H41N3O/c1-6-24(12-11-23(5)17(2)3)20-7-9-25(10-8-20)21-15-22(16-21)13-19(14-22)18(4)26/h17,19-21H,6-16H2,1-5H3. The molecule has 1 heterocycles. The Bertz CT molecular complexity index is 470. The monoisotopic (exact) mass is 363 g/mol. The van der Waals surface area contributed by atoms with Crippen molar-refractivity contribution in [2.24, 2.45) is 11.3 Å². The van der Waals surface area contributed by atoms with Gasteiger partial charge in [0, 0.05) is 37.1 Å². The van der Waals surface area contributed by atoms with Crippen LogP contribution in [0.1, 0.15) is 66.2 Å². The summed E-state index contributed by atoms with van der Waals surface area (Å²) >= 11 is 0. The van der Waals surface area contributed by atoms with Crippen LogP contribution in [0.15, 0.2) is 0 Å². The maximum atomic E-state index is 11.5. The Morgan fingerprint density at radius 3 is 2.23 bits per heavy atom. The van der Waals surface area contributed by atoms with Crippen LogP contribution in [0.3, 0.4) is 0 Å². The fourth-order valence-corrected chi connectivity index (χ4v) is 5.56. The van der Waals surface area contributed by atoms with E-state index in [9.17, 15) is 4.79 Å². The molecule has 1 spiro atoms. The van der Waals surface area contributed by atoms with Crippen molar-refractivity contribution in [1.29, 1.82) is 0 Å². The Morgan fingerprint density at radius 1 is 1.12 bits per heavy atom. The zero-order chi connectivity index (χ0) is 18.9. The van der Waals surface area contributed by atoms with Gasteiger partial charge in [-0.1, -0.05) is 6.92 Å². The second kappa shape index (κ2) is 8.28. The third kappa shape index (κ3) is 4.34. The first-order chi connectivity index (χ1) is 12.3. The lowest BCUT2D eigenvalue weighted by molar-refractivity contribution is -0.139. The van der Waals surface area contributed by atoms with E-state index in [1.54, 1.807) is 6.92 Å². The second-order valence-electron chi connectivity index (χ2n) is 9.75. The highest BCUT2D eigenvalue weighted by Gasteiger charge is 2.55. The molecule has 3 aliphatic rings. The van der Waals surface area contributed by atoms with Crippen molar-refractivity contribution in [1.82, 2.24) is 14.7 Å². The fourth-order valence-electron chi connectivity index (χ4n) is 5.56. The average molecular weight is 364 g/mol. The zero-order valence-electron chi connectivity index (χ0n) is 17.8. The molecule has 3 fully saturated rings. The maximum absolute atomic E-state index is 11.5. The van der Waals surface area contributed by atoms with Crippen LogP contribution >= 0.6 is 0 Å². The molecule has 0 aromatic heterocycles. The largest absolute Gasteiger partial charge is 0.303 e. The number of carbonyl (C=O) groups is 1. The molecular formula is C22H41N3O.